The first kappa shape index (κ1) is 12.5. The van der Waals surface area contributed by atoms with Crippen molar-refractivity contribution < 1.29 is 9.59 Å². The Morgan fingerprint density at radius 1 is 1.56 bits per heavy atom. The molecule has 5 nitrogen and oxygen atoms in total. The molecule has 1 aliphatic heterocycles. The molecule has 1 saturated heterocycles. The maximum atomic E-state index is 11.9. The largest absolute Gasteiger partial charge is 0.355 e. The van der Waals surface area contributed by atoms with Gasteiger partial charge in [0.05, 0.1) is 18.2 Å². The van der Waals surface area contributed by atoms with Gasteiger partial charge in [-0.25, -0.2) is 0 Å². The highest BCUT2D eigenvalue weighted by atomic mass is 16.2. The topological polar surface area (TPSA) is 71.1 Å². The Labute approximate surface area is 106 Å². The van der Waals surface area contributed by atoms with E-state index in [9.17, 15) is 9.59 Å². The zero-order chi connectivity index (χ0) is 13.0. The number of nitrogens with zero attached hydrogens (tertiary/aromatic N) is 1. The summed E-state index contributed by atoms with van der Waals surface area (Å²) >= 11 is 0. The second-order valence-electron chi connectivity index (χ2n) is 4.53. The summed E-state index contributed by atoms with van der Waals surface area (Å²) in [5.74, 6) is -0.106. The van der Waals surface area contributed by atoms with Crippen LogP contribution in [0.1, 0.15) is 24.2 Å². The molecule has 0 saturated carbocycles. The van der Waals surface area contributed by atoms with Crippen molar-refractivity contribution in [1.82, 2.24) is 15.6 Å². The second kappa shape index (κ2) is 5.62. The number of piperidine rings is 1. The Bertz CT molecular complexity index is 449. The van der Waals surface area contributed by atoms with Crippen molar-refractivity contribution in [2.75, 3.05) is 6.54 Å². The van der Waals surface area contributed by atoms with E-state index < -0.39 is 0 Å². The molecule has 5 heteroatoms. The smallest absolute Gasteiger partial charge is 0.225 e. The number of aryl methyl sites for hydroxylation is 1. The molecule has 1 fully saturated rings. The highest BCUT2D eigenvalue weighted by Gasteiger charge is 2.23. The molecule has 1 aromatic rings. The van der Waals surface area contributed by atoms with Gasteiger partial charge in [-0.15, -0.1) is 0 Å². The fourth-order valence-electron chi connectivity index (χ4n) is 1.98. The summed E-state index contributed by atoms with van der Waals surface area (Å²) in [7, 11) is 0. The van der Waals surface area contributed by atoms with Crippen LogP contribution in [0.3, 0.4) is 0 Å². The summed E-state index contributed by atoms with van der Waals surface area (Å²) in [5.41, 5.74) is 1.79. The molecular formula is C13H17N3O2. The molecule has 1 atom stereocenters. The van der Waals surface area contributed by atoms with E-state index in [0.717, 1.165) is 11.4 Å². The normalized spacial score (nSPS) is 19.2. The molecule has 2 heterocycles. The van der Waals surface area contributed by atoms with E-state index in [1.54, 1.807) is 0 Å². The summed E-state index contributed by atoms with van der Waals surface area (Å²) in [6.07, 6.45) is 1.06. The van der Waals surface area contributed by atoms with E-state index >= 15 is 0 Å². The van der Waals surface area contributed by atoms with Crippen LogP contribution in [-0.4, -0.2) is 23.3 Å². The van der Waals surface area contributed by atoms with Gasteiger partial charge in [0.25, 0.3) is 0 Å². The van der Waals surface area contributed by atoms with Crippen molar-refractivity contribution in [2.45, 2.75) is 26.3 Å². The van der Waals surface area contributed by atoms with E-state index in [4.69, 9.17) is 0 Å². The van der Waals surface area contributed by atoms with Crippen molar-refractivity contribution >= 4 is 11.8 Å². The quantitative estimate of drug-likeness (QED) is 0.818. The standard InChI is InChI=1S/C13H17N3O2/c1-9-3-2-4-11(16-9)8-15-13(18)10-5-6-12(17)14-7-10/h2-4,10H,5-8H2,1H3,(H,14,17)(H,15,18). The molecule has 1 aromatic heterocycles. The Morgan fingerprint density at radius 2 is 2.39 bits per heavy atom. The number of aromatic nitrogens is 1. The van der Waals surface area contributed by atoms with Crippen molar-refractivity contribution in [2.24, 2.45) is 5.92 Å². The summed E-state index contributed by atoms with van der Waals surface area (Å²) in [6, 6.07) is 5.72. The molecule has 96 valence electrons. The van der Waals surface area contributed by atoms with Crippen LogP contribution in [0, 0.1) is 12.8 Å². The van der Waals surface area contributed by atoms with Crippen LogP contribution in [-0.2, 0) is 16.1 Å². The van der Waals surface area contributed by atoms with Gasteiger partial charge in [-0.2, -0.15) is 0 Å². The van der Waals surface area contributed by atoms with Gasteiger partial charge >= 0.3 is 0 Å². The third kappa shape index (κ3) is 3.29. The van der Waals surface area contributed by atoms with Crippen LogP contribution in [0.4, 0.5) is 0 Å². The predicted molar refractivity (Wildman–Crippen MR) is 66.6 cm³/mol. The summed E-state index contributed by atoms with van der Waals surface area (Å²) in [4.78, 5) is 27.2. The first-order valence-corrected chi connectivity index (χ1v) is 6.12. The fraction of sp³-hybridized carbons (Fsp3) is 0.462. The van der Waals surface area contributed by atoms with Gasteiger partial charge in [-0.1, -0.05) is 6.07 Å². The lowest BCUT2D eigenvalue weighted by molar-refractivity contribution is -0.129. The zero-order valence-electron chi connectivity index (χ0n) is 10.4. The SMILES string of the molecule is Cc1cccc(CNC(=O)C2CCC(=O)NC2)n1. The number of pyridine rings is 1. The number of nitrogens with one attached hydrogen (secondary N) is 2. The van der Waals surface area contributed by atoms with Crippen LogP contribution in [0.5, 0.6) is 0 Å². The lowest BCUT2D eigenvalue weighted by Crippen LogP contribution is -2.42. The van der Waals surface area contributed by atoms with E-state index in [-0.39, 0.29) is 17.7 Å². The second-order valence-corrected chi connectivity index (χ2v) is 4.53. The van der Waals surface area contributed by atoms with Crippen LogP contribution >= 0.6 is 0 Å². The van der Waals surface area contributed by atoms with Gasteiger partial charge in [-0.3, -0.25) is 14.6 Å². The zero-order valence-corrected chi connectivity index (χ0v) is 10.4. The summed E-state index contributed by atoms with van der Waals surface area (Å²) in [6.45, 7) is 2.79. The monoisotopic (exact) mass is 247 g/mol. The fourth-order valence-corrected chi connectivity index (χ4v) is 1.98. The summed E-state index contributed by atoms with van der Waals surface area (Å²) < 4.78 is 0. The number of carbonyl (C=O) groups is 2. The van der Waals surface area contributed by atoms with E-state index in [1.807, 2.05) is 25.1 Å². The molecule has 0 spiro atoms. The number of carbonyl (C=O) groups excluding carboxylic acids is 2. The molecule has 2 N–H and O–H groups in total. The van der Waals surface area contributed by atoms with Crippen LogP contribution < -0.4 is 10.6 Å². The third-order valence-electron chi connectivity index (χ3n) is 3.03. The molecule has 0 aliphatic carbocycles. The number of hydrogen-bond donors (Lipinski definition) is 2. The number of amides is 2. The Balaban J connectivity index is 1.83. The molecule has 18 heavy (non-hydrogen) atoms. The van der Waals surface area contributed by atoms with Gasteiger partial charge in [0.1, 0.15) is 0 Å². The maximum Gasteiger partial charge on any atom is 0.225 e. The summed E-state index contributed by atoms with van der Waals surface area (Å²) in [5, 5.41) is 5.56. The van der Waals surface area contributed by atoms with E-state index in [1.165, 1.54) is 0 Å². The molecule has 2 amide bonds. The molecular weight excluding hydrogens is 230 g/mol. The molecule has 0 bridgehead atoms. The lowest BCUT2D eigenvalue weighted by Gasteiger charge is -2.21. The highest BCUT2D eigenvalue weighted by molar-refractivity contribution is 5.83. The Morgan fingerprint density at radius 3 is 3.06 bits per heavy atom. The lowest BCUT2D eigenvalue weighted by atomic mass is 9.98. The molecule has 0 aromatic carbocycles. The van der Waals surface area contributed by atoms with Gasteiger partial charge in [0.15, 0.2) is 0 Å². The molecule has 2 rings (SSSR count). The first-order chi connectivity index (χ1) is 8.65. The predicted octanol–water partition coefficient (Wildman–Crippen LogP) is 0.532. The minimum absolute atomic E-state index is 0.0155. The van der Waals surface area contributed by atoms with E-state index in [2.05, 4.69) is 15.6 Å². The van der Waals surface area contributed by atoms with Gasteiger partial charge in [-0.05, 0) is 25.5 Å². The van der Waals surface area contributed by atoms with Crippen LogP contribution in [0.2, 0.25) is 0 Å². The average Bonchev–Trinajstić information content (AvgIpc) is 2.37. The highest BCUT2D eigenvalue weighted by Crippen LogP contribution is 2.10. The van der Waals surface area contributed by atoms with Gasteiger partial charge < -0.3 is 10.6 Å². The molecule has 1 aliphatic rings. The van der Waals surface area contributed by atoms with Gasteiger partial charge in [0, 0.05) is 18.7 Å². The maximum absolute atomic E-state index is 11.9. The van der Waals surface area contributed by atoms with Crippen LogP contribution in [0.25, 0.3) is 0 Å². The van der Waals surface area contributed by atoms with Gasteiger partial charge in [0.2, 0.25) is 11.8 Å². The van der Waals surface area contributed by atoms with Crippen molar-refractivity contribution in [3.8, 4) is 0 Å². The van der Waals surface area contributed by atoms with Crippen molar-refractivity contribution in [3.05, 3.63) is 29.6 Å². The van der Waals surface area contributed by atoms with E-state index in [0.29, 0.717) is 25.9 Å². The minimum Gasteiger partial charge on any atom is -0.355 e. The van der Waals surface area contributed by atoms with Crippen molar-refractivity contribution in [1.29, 1.82) is 0 Å². The number of rotatable bonds is 3. The number of hydrogen-bond acceptors (Lipinski definition) is 3. The Kier molecular flexibility index (Phi) is 3.92. The third-order valence-corrected chi connectivity index (χ3v) is 3.03. The minimum atomic E-state index is -0.118. The molecule has 0 radical (unpaired) electrons. The average molecular weight is 247 g/mol. The Hall–Kier alpha value is -1.91. The molecule has 1 unspecified atom stereocenters. The first-order valence-electron chi connectivity index (χ1n) is 6.12. The van der Waals surface area contributed by atoms with Crippen LogP contribution in [0.15, 0.2) is 18.2 Å². The van der Waals surface area contributed by atoms with Crippen molar-refractivity contribution in [3.63, 3.8) is 0 Å².